The molecule has 1 aromatic rings. The Morgan fingerprint density at radius 1 is 1.56 bits per heavy atom. The molecule has 0 radical (unpaired) electrons. The SMILES string of the molecule is COC(CCSC)CNC(=O)c1cc(C)oc1C. The molecule has 102 valence electrons. The third-order valence-electron chi connectivity index (χ3n) is 2.75. The van der Waals surface area contributed by atoms with Crippen LogP contribution in [0, 0.1) is 13.8 Å². The number of nitrogens with one attached hydrogen (secondary N) is 1. The predicted octanol–water partition coefficient (Wildman–Crippen LogP) is 2.39. The Hall–Kier alpha value is -0.940. The van der Waals surface area contributed by atoms with Crippen LogP contribution in [0.25, 0.3) is 0 Å². The summed E-state index contributed by atoms with van der Waals surface area (Å²) in [6, 6.07) is 1.76. The number of hydrogen-bond acceptors (Lipinski definition) is 4. The van der Waals surface area contributed by atoms with Crippen molar-refractivity contribution in [1.29, 1.82) is 0 Å². The molecule has 0 aliphatic heterocycles. The van der Waals surface area contributed by atoms with Gasteiger partial charge in [0.25, 0.3) is 5.91 Å². The van der Waals surface area contributed by atoms with Gasteiger partial charge in [-0.3, -0.25) is 4.79 Å². The van der Waals surface area contributed by atoms with E-state index in [1.54, 1.807) is 31.9 Å². The smallest absolute Gasteiger partial charge is 0.254 e. The summed E-state index contributed by atoms with van der Waals surface area (Å²) in [5.74, 6) is 2.33. The quantitative estimate of drug-likeness (QED) is 0.827. The number of amides is 1. The molecule has 0 aromatic carbocycles. The minimum absolute atomic E-state index is 0.0645. The van der Waals surface area contributed by atoms with Crippen molar-refractivity contribution < 1.29 is 13.9 Å². The zero-order chi connectivity index (χ0) is 13.5. The van der Waals surface area contributed by atoms with Gasteiger partial charge < -0.3 is 14.5 Å². The predicted molar refractivity (Wildman–Crippen MR) is 74.3 cm³/mol. The zero-order valence-corrected chi connectivity index (χ0v) is 12.2. The first-order valence-electron chi connectivity index (χ1n) is 5.95. The van der Waals surface area contributed by atoms with Crippen LogP contribution in [0.5, 0.6) is 0 Å². The van der Waals surface area contributed by atoms with Gasteiger partial charge in [-0.1, -0.05) is 0 Å². The lowest BCUT2D eigenvalue weighted by atomic mass is 10.2. The van der Waals surface area contributed by atoms with E-state index < -0.39 is 0 Å². The molecule has 0 aliphatic carbocycles. The van der Waals surface area contributed by atoms with Gasteiger partial charge in [-0.05, 0) is 38.3 Å². The van der Waals surface area contributed by atoms with Crippen molar-refractivity contribution in [2.75, 3.05) is 25.7 Å². The summed E-state index contributed by atoms with van der Waals surface area (Å²) in [7, 11) is 1.67. The third kappa shape index (κ3) is 4.38. The summed E-state index contributed by atoms with van der Waals surface area (Å²) in [6.07, 6.45) is 3.05. The molecule has 0 saturated carbocycles. The highest BCUT2D eigenvalue weighted by Crippen LogP contribution is 2.13. The maximum atomic E-state index is 11.9. The number of carbonyl (C=O) groups excluding carboxylic acids is 1. The second kappa shape index (κ2) is 7.48. The third-order valence-corrected chi connectivity index (χ3v) is 3.40. The van der Waals surface area contributed by atoms with E-state index in [4.69, 9.17) is 9.15 Å². The minimum Gasteiger partial charge on any atom is -0.466 e. The van der Waals surface area contributed by atoms with Crippen molar-refractivity contribution >= 4 is 17.7 Å². The van der Waals surface area contributed by atoms with Crippen LogP contribution in [-0.4, -0.2) is 37.7 Å². The first kappa shape index (κ1) is 15.1. The maximum Gasteiger partial charge on any atom is 0.254 e. The van der Waals surface area contributed by atoms with Crippen LogP contribution in [0.2, 0.25) is 0 Å². The minimum atomic E-state index is -0.101. The number of rotatable bonds is 7. The van der Waals surface area contributed by atoms with Gasteiger partial charge in [-0.2, -0.15) is 11.8 Å². The van der Waals surface area contributed by atoms with Crippen LogP contribution < -0.4 is 5.32 Å². The lowest BCUT2D eigenvalue weighted by Crippen LogP contribution is -2.33. The Morgan fingerprint density at radius 2 is 2.28 bits per heavy atom. The van der Waals surface area contributed by atoms with Crippen LogP contribution in [0.3, 0.4) is 0 Å². The molecule has 18 heavy (non-hydrogen) atoms. The molecule has 1 atom stereocenters. The van der Waals surface area contributed by atoms with Gasteiger partial charge in [-0.25, -0.2) is 0 Å². The second-order valence-corrected chi connectivity index (χ2v) is 5.16. The topological polar surface area (TPSA) is 51.5 Å². The fraction of sp³-hybridized carbons (Fsp3) is 0.615. The summed E-state index contributed by atoms with van der Waals surface area (Å²) in [5, 5.41) is 2.88. The maximum absolute atomic E-state index is 11.9. The van der Waals surface area contributed by atoms with Crippen molar-refractivity contribution in [2.45, 2.75) is 26.4 Å². The second-order valence-electron chi connectivity index (χ2n) is 4.18. The highest BCUT2D eigenvalue weighted by Gasteiger charge is 2.15. The molecule has 0 bridgehead atoms. The first-order chi connectivity index (χ1) is 8.58. The van der Waals surface area contributed by atoms with Crippen LogP contribution in [0.15, 0.2) is 10.5 Å². The Kier molecular flexibility index (Phi) is 6.29. The number of aryl methyl sites for hydroxylation is 2. The van der Waals surface area contributed by atoms with Crippen molar-refractivity contribution in [3.05, 3.63) is 23.2 Å². The average Bonchev–Trinajstić information content (AvgIpc) is 2.68. The van der Waals surface area contributed by atoms with E-state index in [-0.39, 0.29) is 12.0 Å². The van der Waals surface area contributed by atoms with E-state index in [2.05, 4.69) is 11.6 Å². The van der Waals surface area contributed by atoms with E-state index in [9.17, 15) is 4.79 Å². The number of furan rings is 1. The number of methoxy groups -OCH3 is 1. The fourth-order valence-electron chi connectivity index (χ4n) is 1.71. The molecule has 1 rings (SSSR count). The van der Waals surface area contributed by atoms with E-state index >= 15 is 0 Å². The molecule has 1 aromatic heterocycles. The van der Waals surface area contributed by atoms with Gasteiger partial charge in [0.15, 0.2) is 0 Å². The monoisotopic (exact) mass is 271 g/mol. The van der Waals surface area contributed by atoms with E-state index in [1.807, 2.05) is 6.92 Å². The first-order valence-corrected chi connectivity index (χ1v) is 7.34. The van der Waals surface area contributed by atoms with Crippen LogP contribution in [-0.2, 0) is 4.74 Å². The largest absolute Gasteiger partial charge is 0.466 e. The molecule has 1 heterocycles. The molecule has 0 saturated heterocycles. The van der Waals surface area contributed by atoms with Crippen molar-refractivity contribution in [3.63, 3.8) is 0 Å². The van der Waals surface area contributed by atoms with Crippen LogP contribution in [0.4, 0.5) is 0 Å². The average molecular weight is 271 g/mol. The summed E-state index contributed by atoms with van der Waals surface area (Å²) in [5.41, 5.74) is 0.604. The lowest BCUT2D eigenvalue weighted by Gasteiger charge is -2.15. The number of carbonyl (C=O) groups is 1. The Bertz CT molecular complexity index is 390. The number of thioether (sulfide) groups is 1. The van der Waals surface area contributed by atoms with Gasteiger partial charge in [0.05, 0.1) is 11.7 Å². The van der Waals surface area contributed by atoms with Gasteiger partial charge in [-0.15, -0.1) is 0 Å². The fourth-order valence-corrected chi connectivity index (χ4v) is 2.21. The summed E-state index contributed by atoms with van der Waals surface area (Å²) >= 11 is 1.77. The van der Waals surface area contributed by atoms with E-state index in [1.165, 1.54) is 0 Å². The highest BCUT2D eigenvalue weighted by atomic mass is 32.2. The van der Waals surface area contributed by atoms with E-state index in [0.717, 1.165) is 17.9 Å². The summed E-state index contributed by atoms with van der Waals surface area (Å²) < 4.78 is 10.7. The van der Waals surface area contributed by atoms with Gasteiger partial charge in [0, 0.05) is 13.7 Å². The Morgan fingerprint density at radius 3 is 2.78 bits per heavy atom. The molecule has 0 aliphatic rings. The van der Waals surface area contributed by atoms with Crippen LogP contribution in [0.1, 0.15) is 28.3 Å². The highest BCUT2D eigenvalue weighted by molar-refractivity contribution is 7.98. The van der Waals surface area contributed by atoms with E-state index in [0.29, 0.717) is 17.9 Å². The molecule has 1 unspecified atom stereocenters. The molecule has 4 nitrogen and oxygen atoms in total. The molecular formula is C13H21NO3S. The number of ether oxygens (including phenoxy) is 1. The molecule has 1 amide bonds. The summed E-state index contributed by atoms with van der Waals surface area (Å²) in [4.78, 5) is 11.9. The van der Waals surface area contributed by atoms with Crippen molar-refractivity contribution in [2.24, 2.45) is 0 Å². The molecule has 1 N–H and O–H groups in total. The molecule has 0 spiro atoms. The standard InChI is InChI=1S/C13H21NO3S/c1-9-7-12(10(2)17-9)13(15)14-8-11(16-3)5-6-18-4/h7,11H,5-6,8H2,1-4H3,(H,14,15). The van der Waals surface area contributed by atoms with Crippen molar-refractivity contribution in [3.8, 4) is 0 Å². The Labute approximate surface area is 112 Å². The van der Waals surface area contributed by atoms with Gasteiger partial charge >= 0.3 is 0 Å². The lowest BCUT2D eigenvalue weighted by molar-refractivity contribution is 0.0818. The normalized spacial score (nSPS) is 12.4. The number of hydrogen-bond donors (Lipinski definition) is 1. The van der Waals surface area contributed by atoms with Crippen molar-refractivity contribution in [1.82, 2.24) is 5.32 Å². The zero-order valence-electron chi connectivity index (χ0n) is 11.4. The van der Waals surface area contributed by atoms with Gasteiger partial charge in [0.2, 0.25) is 0 Å². The van der Waals surface area contributed by atoms with Gasteiger partial charge in [0.1, 0.15) is 11.5 Å². The molecule has 0 fully saturated rings. The Balaban J connectivity index is 2.47. The van der Waals surface area contributed by atoms with Crippen LogP contribution >= 0.6 is 11.8 Å². The molecule has 5 heteroatoms. The molecular weight excluding hydrogens is 250 g/mol. The summed E-state index contributed by atoms with van der Waals surface area (Å²) in [6.45, 7) is 4.16.